The van der Waals surface area contributed by atoms with E-state index in [1.807, 2.05) is 6.07 Å². The van der Waals surface area contributed by atoms with E-state index in [1.165, 1.54) is 11.1 Å². The molecular formula is C15H28N4O3. The molecule has 1 amide bonds. The minimum absolute atomic E-state index is 0.0234. The van der Waals surface area contributed by atoms with Crippen LogP contribution >= 0.6 is 0 Å². The van der Waals surface area contributed by atoms with Gasteiger partial charge < -0.3 is 25.3 Å². The number of nitrogens with one attached hydrogen (secondary N) is 1. The second-order valence-corrected chi connectivity index (χ2v) is 4.74. The first-order valence-electron chi connectivity index (χ1n) is 7.71. The van der Waals surface area contributed by atoms with Gasteiger partial charge in [-0.3, -0.25) is 4.79 Å². The Bertz CT molecular complexity index is 369. The minimum atomic E-state index is -0.484. The number of hydrogen-bond donors (Lipinski definition) is 3. The highest BCUT2D eigenvalue weighted by Gasteiger charge is 2.17. The highest BCUT2D eigenvalue weighted by Crippen LogP contribution is 2.00. The van der Waals surface area contributed by atoms with Crippen LogP contribution in [0.4, 0.5) is 0 Å². The molecule has 0 aliphatic rings. The molecule has 0 spiro atoms. The van der Waals surface area contributed by atoms with Crippen molar-refractivity contribution in [2.24, 2.45) is 0 Å². The summed E-state index contributed by atoms with van der Waals surface area (Å²) < 4.78 is 0. The molecule has 0 heterocycles. The van der Waals surface area contributed by atoms with Crippen LogP contribution in [0.1, 0.15) is 20.3 Å². The van der Waals surface area contributed by atoms with Crippen molar-refractivity contribution in [3.8, 4) is 6.07 Å². The molecule has 0 saturated carbocycles. The van der Waals surface area contributed by atoms with Crippen molar-refractivity contribution in [3.05, 3.63) is 11.8 Å². The average Bonchev–Trinajstić information content (AvgIpc) is 2.53. The van der Waals surface area contributed by atoms with Crippen molar-refractivity contribution in [1.82, 2.24) is 15.1 Å². The number of nitrogens with zero attached hydrogens (tertiary/aromatic N) is 3. The molecule has 0 aliphatic heterocycles. The van der Waals surface area contributed by atoms with Crippen molar-refractivity contribution in [2.75, 3.05) is 52.5 Å². The molecule has 22 heavy (non-hydrogen) atoms. The summed E-state index contributed by atoms with van der Waals surface area (Å²) in [6.45, 7) is 7.65. The molecule has 0 unspecified atom stereocenters. The summed E-state index contributed by atoms with van der Waals surface area (Å²) >= 11 is 0. The first kappa shape index (κ1) is 20.4. The van der Waals surface area contributed by atoms with E-state index >= 15 is 0 Å². The van der Waals surface area contributed by atoms with Crippen LogP contribution in [0.15, 0.2) is 11.8 Å². The maximum absolute atomic E-state index is 12.1. The van der Waals surface area contributed by atoms with Gasteiger partial charge in [0.05, 0.1) is 13.2 Å². The molecule has 126 valence electrons. The standard InChI is InChI=1S/C15H28N4O3/c1-3-18(4-2)7-5-6-17-13-14(12-16)15(22)19(8-10-20)9-11-21/h13,17,20-21H,3-11H2,1-2H3/b14-13-. The second kappa shape index (κ2) is 13.1. The van der Waals surface area contributed by atoms with Crippen molar-refractivity contribution in [3.63, 3.8) is 0 Å². The second-order valence-electron chi connectivity index (χ2n) is 4.74. The van der Waals surface area contributed by atoms with E-state index in [4.69, 9.17) is 15.5 Å². The van der Waals surface area contributed by atoms with Crippen LogP contribution in [-0.4, -0.2) is 78.4 Å². The van der Waals surface area contributed by atoms with Crippen LogP contribution in [0.25, 0.3) is 0 Å². The highest BCUT2D eigenvalue weighted by atomic mass is 16.3. The van der Waals surface area contributed by atoms with Crippen molar-refractivity contribution >= 4 is 5.91 Å². The maximum Gasteiger partial charge on any atom is 0.266 e. The van der Waals surface area contributed by atoms with E-state index in [1.54, 1.807) is 0 Å². The Labute approximate surface area is 132 Å². The number of aliphatic hydroxyl groups is 2. The highest BCUT2D eigenvalue weighted by molar-refractivity contribution is 5.97. The van der Waals surface area contributed by atoms with Gasteiger partial charge >= 0.3 is 0 Å². The number of nitriles is 1. The van der Waals surface area contributed by atoms with Crippen LogP contribution in [0.3, 0.4) is 0 Å². The summed E-state index contributed by atoms with van der Waals surface area (Å²) in [6, 6.07) is 1.85. The number of carbonyl (C=O) groups excluding carboxylic acids is 1. The number of carbonyl (C=O) groups is 1. The fourth-order valence-corrected chi connectivity index (χ4v) is 1.99. The zero-order chi connectivity index (χ0) is 16.8. The van der Waals surface area contributed by atoms with Crippen LogP contribution in [-0.2, 0) is 4.79 Å². The minimum Gasteiger partial charge on any atom is -0.395 e. The Morgan fingerprint density at radius 2 is 1.77 bits per heavy atom. The Kier molecular flexibility index (Phi) is 12.1. The molecule has 0 rings (SSSR count). The van der Waals surface area contributed by atoms with Crippen LogP contribution in [0.2, 0.25) is 0 Å². The van der Waals surface area contributed by atoms with Crippen molar-refractivity contribution < 1.29 is 15.0 Å². The predicted molar refractivity (Wildman–Crippen MR) is 84.9 cm³/mol. The van der Waals surface area contributed by atoms with Crippen LogP contribution in [0.5, 0.6) is 0 Å². The lowest BCUT2D eigenvalue weighted by Gasteiger charge is -2.20. The average molecular weight is 312 g/mol. The first-order chi connectivity index (χ1) is 10.6. The Balaban J connectivity index is 4.37. The molecule has 0 atom stereocenters. The largest absolute Gasteiger partial charge is 0.395 e. The van der Waals surface area contributed by atoms with Crippen LogP contribution < -0.4 is 5.32 Å². The fraction of sp³-hybridized carbons (Fsp3) is 0.733. The zero-order valence-electron chi connectivity index (χ0n) is 13.6. The lowest BCUT2D eigenvalue weighted by atomic mass is 10.2. The van der Waals surface area contributed by atoms with Gasteiger partial charge in [-0.25, -0.2) is 0 Å². The zero-order valence-corrected chi connectivity index (χ0v) is 13.6. The van der Waals surface area contributed by atoms with Gasteiger partial charge in [0.15, 0.2) is 0 Å². The van der Waals surface area contributed by atoms with Gasteiger partial charge in [0.2, 0.25) is 0 Å². The van der Waals surface area contributed by atoms with Gasteiger partial charge in [-0.15, -0.1) is 0 Å². The SMILES string of the molecule is CCN(CC)CCCN/C=C(/C#N)C(=O)N(CCO)CCO. The predicted octanol–water partition coefficient (Wildman–Crippen LogP) is -0.471. The van der Waals surface area contributed by atoms with E-state index in [0.717, 1.165) is 26.1 Å². The monoisotopic (exact) mass is 312 g/mol. The Hall–Kier alpha value is -1.62. The van der Waals surface area contributed by atoms with E-state index in [2.05, 4.69) is 24.1 Å². The lowest BCUT2D eigenvalue weighted by Crippen LogP contribution is -2.37. The van der Waals surface area contributed by atoms with E-state index in [9.17, 15) is 4.79 Å². The molecule has 7 heteroatoms. The molecule has 0 aliphatic carbocycles. The summed E-state index contributed by atoms with van der Waals surface area (Å²) in [7, 11) is 0. The lowest BCUT2D eigenvalue weighted by molar-refractivity contribution is -0.127. The summed E-state index contributed by atoms with van der Waals surface area (Å²) in [5.41, 5.74) is -0.0234. The molecule has 0 aromatic heterocycles. The topological polar surface area (TPSA) is 99.8 Å². The third-order valence-corrected chi connectivity index (χ3v) is 3.31. The number of aliphatic hydroxyl groups excluding tert-OH is 2. The van der Waals surface area contributed by atoms with Gasteiger partial charge in [-0.2, -0.15) is 5.26 Å². The smallest absolute Gasteiger partial charge is 0.266 e. The Morgan fingerprint density at radius 1 is 1.18 bits per heavy atom. The molecule has 7 nitrogen and oxygen atoms in total. The van der Waals surface area contributed by atoms with E-state index in [0.29, 0.717) is 6.54 Å². The molecule has 0 aromatic carbocycles. The summed E-state index contributed by atoms with van der Waals surface area (Å²) in [4.78, 5) is 15.6. The van der Waals surface area contributed by atoms with Gasteiger partial charge in [0, 0.05) is 25.8 Å². The quantitative estimate of drug-likeness (QED) is 0.256. The molecule has 0 fully saturated rings. The molecule has 0 saturated heterocycles. The molecule has 0 radical (unpaired) electrons. The fourth-order valence-electron chi connectivity index (χ4n) is 1.99. The van der Waals surface area contributed by atoms with Gasteiger partial charge in [0.25, 0.3) is 5.91 Å². The van der Waals surface area contributed by atoms with E-state index < -0.39 is 5.91 Å². The number of rotatable bonds is 12. The van der Waals surface area contributed by atoms with E-state index in [-0.39, 0.29) is 31.9 Å². The third-order valence-electron chi connectivity index (χ3n) is 3.31. The normalized spacial score (nSPS) is 11.4. The Morgan fingerprint density at radius 3 is 2.23 bits per heavy atom. The number of hydrogen-bond acceptors (Lipinski definition) is 6. The molecular weight excluding hydrogens is 284 g/mol. The third kappa shape index (κ3) is 7.98. The maximum atomic E-state index is 12.1. The molecule has 3 N–H and O–H groups in total. The first-order valence-corrected chi connectivity index (χ1v) is 7.71. The van der Waals surface area contributed by atoms with Gasteiger partial charge in [-0.1, -0.05) is 13.8 Å². The van der Waals surface area contributed by atoms with Crippen LogP contribution in [0, 0.1) is 11.3 Å². The summed E-state index contributed by atoms with van der Waals surface area (Å²) in [5.74, 6) is -0.484. The molecule has 0 aromatic rings. The summed E-state index contributed by atoms with van der Waals surface area (Å²) in [5, 5.41) is 29.9. The number of amides is 1. The summed E-state index contributed by atoms with van der Waals surface area (Å²) in [6.07, 6.45) is 2.33. The molecule has 0 bridgehead atoms. The van der Waals surface area contributed by atoms with Gasteiger partial charge in [-0.05, 0) is 26.1 Å². The van der Waals surface area contributed by atoms with Crippen molar-refractivity contribution in [1.29, 1.82) is 5.26 Å². The van der Waals surface area contributed by atoms with Gasteiger partial charge in [0.1, 0.15) is 11.6 Å². The van der Waals surface area contributed by atoms with Crippen molar-refractivity contribution in [2.45, 2.75) is 20.3 Å².